The normalized spacial score (nSPS) is 13.3. The number of esters is 2. The van der Waals surface area contributed by atoms with Crippen molar-refractivity contribution < 1.29 is 28.7 Å². The SMILES string of the molecule is CC(=O)N1CCC(n2cc(Nc3ncc(C)c(-c4ccc(C(=O)CCC#N)cc4)n3)cn2)CC1.CC(=O)OC(C)=O.Cc1cnc(Nc2cnn(C3CCNCC3)c2)nc1-c1ccc(C(=O)CCC#N)cc1.Cl. The number of benzene rings is 2. The van der Waals surface area contributed by atoms with Crippen molar-refractivity contribution in [2.75, 3.05) is 36.8 Å². The Bertz CT molecular complexity index is 2920. The first-order valence-corrected chi connectivity index (χ1v) is 23.7. The maximum Gasteiger partial charge on any atom is 0.310 e. The summed E-state index contributed by atoms with van der Waals surface area (Å²) in [6.07, 6.45) is 15.8. The van der Waals surface area contributed by atoms with E-state index in [0.717, 1.165) is 96.9 Å². The molecule has 0 aliphatic carbocycles. The number of Topliss-reactive ketones (excluding diaryl/α,β-unsaturated/α-hetero) is 2. The first-order chi connectivity index (χ1) is 34.7. The maximum absolute atomic E-state index is 12.1. The molecule has 2 aliphatic heterocycles. The molecule has 0 unspecified atom stereocenters. The van der Waals surface area contributed by atoms with E-state index in [1.807, 2.05) is 76.9 Å². The largest absolute Gasteiger partial charge is 0.394 e. The van der Waals surface area contributed by atoms with Crippen molar-refractivity contribution in [1.82, 2.24) is 49.7 Å². The first kappa shape index (κ1) is 55.7. The summed E-state index contributed by atoms with van der Waals surface area (Å²) in [5.74, 6) is -0.117. The Morgan fingerprint density at radius 1 is 0.644 bits per heavy atom. The fourth-order valence-electron chi connectivity index (χ4n) is 8.03. The van der Waals surface area contributed by atoms with Gasteiger partial charge in [-0.3, -0.25) is 33.3 Å². The molecule has 0 bridgehead atoms. The van der Waals surface area contributed by atoms with Crippen molar-refractivity contribution in [2.24, 2.45) is 0 Å². The molecule has 0 saturated carbocycles. The lowest BCUT2D eigenvalue weighted by atomic mass is 10.0. The molecular formula is C52H59ClN14O6. The number of ether oxygens (including phenoxy) is 1. The van der Waals surface area contributed by atoms with Crippen LogP contribution >= 0.6 is 12.4 Å². The van der Waals surface area contributed by atoms with Crippen LogP contribution < -0.4 is 16.0 Å². The van der Waals surface area contributed by atoms with E-state index < -0.39 is 11.9 Å². The van der Waals surface area contributed by atoms with Gasteiger partial charge in [-0.15, -0.1) is 12.4 Å². The van der Waals surface area contributed by atoms with Crippen LogP contribution in [0.5, 0.6) is 0 Å². The van der Waals surface area contributed by atoms with Crippen LogP contribution in [-0.4, -0.2) is 100.0 Å². The third kappa shape index (κ3) is 16.4. The molecule has 2 fully saturated rings. The van der Waals surface area contributed by atoms with E-state index in [1.165, 1.54) is 13.8 Å². The quantitative estimate of drug-likeness (QED) is 0.0525. The van der Waals surface area contributed by atoms with Gasteiger partial charge in [0.25, 0.3) is 0 Å². The Kier molecular flexibility index (Phi) is 20.9. The molecule has 0 atom stereocenters. The van der Waals surface area contributed by atoms with Crippen molar-refractivity contribution in [1.29, 1.82) is 10.5 Å². The summed E-state index contributed by atoms with van der Waals surface area (Å²) in [5.41, 5.74) is 8.07. The molecule has 8 rings (SSSR count). The van der Waals surface area contributed by atoms with Crippen LogP contribution in [0.4, 0.5) is 23.3 Å². The van der Waals surface area contributed by atoms with E-state index in [9.17, 15) is 24.0 Å². The van der Waals surface area contributed by atoms with Gasteiger partial charge in [-0.2, -0.15) is 20.7 Å². The summed E-state index contributed by atoms with van der Waals surface area (Å²) in [5, 5.41) is 36.2. The number of piperidine rings is 2. The summed E-state index contributed by atoms with van der Waals surface area (Å²) < 4.78 is 7.93. The van der Waals surface area contributed by atoms with E-state index in [0.29, 0.717) is 29.1 Å². The number of rotatable bonds is 14. The van der Waals surface area contributed by atoms with Gasteiger partial charge >= 0.3 is 11.9 Å². The number of aromatic nitrogens is 8. The lowest BCUT2D eigenvalue weighted by molar-refractivity contribution is -0.156. The Hall–Kier alpha value is -8.20. The number of halogens is 1. The Labute approximate surface area is 430 Å². The zero-order valence-corrected chi connectivity index (χ0v) is 42.3. The average Bonchev–Trinajstić information content (AvgIpc) is 4.06. The Morgan fingerprint density at radius 2 is 1.05 bits per heavy atom. The summed E-state index contributed by atoms with van der Waals surface area (Å²) in [6.45, 7) is 11.4. The highest BCUT2D eigenvalue weighted by molar-refractivity contribution is 5.97. The van der Waals surface area contributed by atoms with Crippen molar-refractivity contribution in [3.63, 3.8) is 0 Å². The van der Waals surface area contributed by atoms with Gasteiger partial charge in [-0.1, -0.05) is 48.5 Å². The van der Waals surface area contributed by atoms with Gasteiger partial charge in [0.1, 0.15) is 0 Å². The molecule has 2 aromatic carbocycles. The zero-order chi connectivity index (χ0) is 51.6. The number of amides is 1. The molecule has 21 heteroatoms. The van der Waals surface area contributed by atoms with Gasteiger partial charge < -0.3 is 25.6 Å². The molecule has 20 nitrogen and oxygen atoms in total. The van der Waals surface area contributed by atoms with Crippen molar-refractivity contribution in [3.8, 4) is 34.7 Å². The molecular weight excluding hydrogens is 952 g/mol. The number of carbonyl (C=O) groups is 5. The second kappa shape index (κ2) is 27.4. The molecule has 380 valence electrons. The van der Waals surface area contributed by atoms with E-state index in [2.05, 4.69) is 50.8 Å². The molecule has 3 N–H and O–H groups in total. The molecule has 2 aliphatic rings. The van der Waals surface area contributed by atoms with Crippen LogP contribution in [0.2, 0.25) is 0 Å². The summed E-state index contributed by atoms with van der Waals surface area (Å²) in [6, 6.07) is 19.3. The number of anilines is 4. The molecule has 1 amide bonds. The molecule has 73 heavy (non-hydrogen) atoms. The lowest BCUT2D eigenvalue weighted by Gasteiger charge is -2.31. The Balaban J connectivity index is 0.000000237. The number of hydrogen-bond donors (Lipinski definition) is 3. The van der Waals surface area contributed by atoms with Crippen LogP contribution in [0.1, 0.15) is 116 Å². The molecule has 0 spiro atoms. The van der Waals surface area contributed by atoms with Crippen LogP contribution in [0.3, 0.4) is 0 Å². The van der Waals surface area contributed by atoms with Gasteiger partial charge in [0, 0.05) is 107 Å². The number of nitrogens with zero attached hydrogens (tertiary/aromatic N) is 11. The second-order valence-electron chi connectivity index (χ2n) is 17.2. The molecule has 4 aromatic heterocycles. The number of nitriles is 2. The number of likely N-dealkylation sites (tertiary alicyclic amines) is 1. The smallest absolute Gasteiger partial charge is 0.310 e. The van der Waals surface area contributed by atoms with E-state index in [4.69, 9.17) is 10.5 Å². The highest BCUT2D eigenvalue weighted by atomic mass is 35.5. The predicted molar refractivity (Wildman–Crippen MR) is 275 cm³/mol. The zero-order valence-electron chi connectivity index (χ0n) is 41.5. The first-order valence-electron chi connectivity index (χ1n) is 23.7. The van der Waals surface area contributed by atoms with Crippen LogP contribution in [0.25, 0.3) is 22.5 Å². The third-order valence-electron chi connectivity index (χ3n) is 11.8. The van der Waals surface area contributed by atoms with E-state index in [1.54, 1.807) is 56.0 Å². The van der Waals surface area contributed by atoms with Gasteiger partial charge in [0.15, 0.2) is 11.6 Å². The van der Waals surface area contributed by atoms with E-state index in [-0.39, 0.29) is 61.6 Å². The van der Waals surface area contributed by atoms with Gasteiger partial charge in [0.2, 0.25) is 17.8 Å². The fraction of sp³-hybridized carbons (Fsp3) is 0.365. The topological polar surface area (TPSA) is 269 Å². The third-order valence-corrected chi connectivity index (χ3v) is 11.8. The number of ketones is 2. The number of hydrogen-bond acceptors (Lipinski definition) is 17. The van der Waals surface area contributed by atoms with Crippen LogP contribution in [-0.2, 0) is 19.1 Å². The summed E-state index contributed by atoms with van der Waals surface area (Å²) >= 11 is 0. The van der Waals surface area contributed by atoms with Crippen molar-refractivity contribution in [2.45, 2.75) is 98.1 Å². The van der Waals surface area contributed by atoms with Crippen molar-refractivity contribution in [3.05, 3.63) is 108 Å². The fourth-order valence-corrected chi connectivity index (χ4v) is 8.03. The van der Waals surface area contributed by atoms with Crippen molar-refractivity contribution >= 4 is 65.1 Å². The van der Waals surface area contributed by atoms with Gasteiger partial charge in [-0.25, -0.2) is 19.9 Å². The van der Waals surface area contributed by atoms with E-state index >= 15 is 0 Å². The predicted octanol–water partition coefficient (Wildman–Crippen LogP) is 8.38. The molecule has 6 aromatic rings. The standard InChI is InChI=1S/C25H27N7O2.C23H25N7O.C4H6O3.ClH/c1-17-14-27-25(30-24(17)20-7-5-19(6-8-20)23(34)4-3-11-26)29-21-15-28-32(16-21)22-9-12-31(13-10-22)18(2)33;1-16-13-26-23(28-19-14-27-30(15-19)20-8-11-25-12-9-20)29-22(16)18-6-4-17(5-7-18)21(31)3-2-10-24;1-3(5)7-4(2)6;/h5-8,14-16,22H,3-4,9-10,12-13H2,1-2H3,(H,27,29,30);4-7,13-15,20,25H,2-3,8-9,11-12H2,1H3,(H,26,28,29);1-2H3;1H. The van der Waals surface area contributed by atoms with Crippen LogP contribution in [0.15, 0.2) is 85.7 Å². The lowest BCUT2D eigenvalue weighted by Crippen LogP contribution is -2.37. The second-order valence-corrected chi connectivity index (χ2v) is 17.2. The number of aryl methyl sites for hydroxylation is 2. The Morgan fingerprint density at radius 3 is 1.42 bits per heavy atom. The summed E-state index contributed by atoms with van der Waals surface area (Å²) in [4.78, 5) is 75.4. The monoisotopic (exact) mass is 1010 g/mol. The van der Waals surface area contributed by atoms with Crippen LogP contribution in [0, 0.1) is 36.5 Å². The highest BCUT2D eigenvalue weighted by Crippen LogP contribution is 2.28. The molecule has 2 saturated heterocycles. The number of nitrogens with one attached hydrogen (secondary N) is 3. The van der Waals surface area contributed by atoms with Gasteiger partial charge in [-0.05, 0) is 63.7 Å². The molecule has 6 heterocycles. The minimum Gasteiger partial charge on any atom is -0.394 e. The molecule has 0 radical (unpaired) electrons. The average molecular weight is 1010 g/mol. The number of carbonyl (C=O) groups excluding carboxylic acids is 5. The minimum absolute atomic E-state index is 0. The van der Waals surface area contributed by atoms with Gasteiger partial charge in [0.05, 0.1) is 59.4 Å². The maximum atomic E-state index is 12.1. The minimum atomic E-state index is -0.562. The highest BCUT2D eigenvalue weighted by Gasteiger charge is 2.23. The summed E-state index contributed by atoms with van der Waals surface area (Å²) in [7, 11) is 0.